The zero-order valence-electron chi connectivity index (χ0n) is 21.5. The molecular formula is C31H26BrN3O4S. The zero-order chi connectivity index (χ0) is 28.3. The van der Waals surface area contributed by atoms with Gasteiger partial charge in [-0.05, 0) is 66.2 Å². The van der Waals surface area contributed by atoms with E-state index < -0.39 is 11.8 Å². The number of ether oxygens (including phenoxy) is 1. The van der Waals surface area contributed by atoms with Gasteiger partial charge in [-0.1, -0.05) is 58.4 Å². The first-order valence-electron chi connectivity index (χ1n) is 12.2. The number of carbonyl (C=O) groups excluding carboxylic acids is 3. The SMILES string of the molecule is COc1cccc(NC(=O)CSc2cccc(NC(=O)/C(=C\c3cccc(Br)c3)NC(=O)c3ccccc3)c2)c1. The number of methoxy groups -OCH3 is 1. The lowest BCUT2D eigenvalue weighted by Crippen LogP contribution is -2.30. The Morgan fingerprint density at radius 3 is 2.30 bits per heavy atom. The number of benzene rings is 4. The van der Waals surface area contributed by atoms with Gasteiger partial charge in [-0.3, -0.25) is 14.4 Å². The monoisotopic (exact) mass is 615 g/mol. The van der Waals surface area contributed by atoms with E-state index in [0.717, 1.165) is 14.9 Å². The Kier molecular flexibility index (Phi) is 10.1. The normalized spacial score (nSPS) is 10.9. The molecule has 0 heterocycles. The highest BCUT2D eigenvalue weighted by Crippen LogP contribution is 2.23. The maximum absolute atomic E-state index is 13.3. The van der Waals surface area contributed by atoms with Crippen molar-refractivity contribution in [3.63, 3.8) is 0 Å². The van der Waals surface area contributed by atoms with E-state index in [9.17, 15) is 14.4 Å². The van der Waals surface area contributed by atoms with E-state index in [1.54, 1.807) is 79.9 Å². The molecule has 202 valence electrons. The molecule has 4 rings (SSSR count). The van der Waals surface area contributed by atoms with E-state index in [4.69, 9.17) is 4.74 Å². The predicted molar refractivity (Wildman–Crippen MR) is 163 cm³/mol. The van der Waals surface area contributed by atoms with Gasteiger partial charge in [0.1, 0.15) is 11.4 Å². The summed E-state index contributed by atoms with van der Waals surface area (Å²) < 4.78 is 6.03. The number of amides is 3. The number of halogens is 1. The van der Waals surface area contributed by atoms with Gasteiger partial charge in [0, 0.05) is 32.4 Å². The molecule has 0 saturated heterocycles. The number of rotatable bonds is 10. The molecule has 0 atom stereocenters. The molecule has 9 heteroatoms. The molecule has 0 aliphatic carbocycles. The fraction of sp³-hybridized carbons (Fsp3) is 0.0645. The average molecular weight is 617 g/mol. The van der Waals surface area contributed by atoms with E-state index in [1.807, 2.05) is 36.4 Å². The summed E-state index contributed by atoms with van der Waals surface area (Å²) in [5.74, 6) is -0.223. The molecule has 4 aromatic carbocycles. The quantitative estimate of drug-likeness (QED) is 0.138. The molecule has 0 saturated carbocycles. The maximum atomic E-state index is 13.3. The van der Waals surface area contributed by atoms with E-state index in [2.05, 4.69) is 31.9 Å². The van der Waals surface area contributed by atoms with Crippen LogP contribution in [0.5, 0.6) is 5.75 Å². The summed E-state index contributed by atoms with van der Waals surface area (Å²) >= 11 is 4.77. The van der Waals surface area contributed by atoms with Crippen molar-refractivity contribution in [1.82, 2.24) is 5.32 Å². The number of hydrogen-bond donors (Lipinski definition) is 3. The van der Waals surface area contributed by atoms with Gasteiger partial charge in [0.2, 0.25) is 5.91 Å². The maximum Gasteiger partial charge on any atom is 0.272 e. The smallest absolute Gasteiger partial charge is 0.272 e. The summed E-state index contributed by atoms with van der Waals surface area (Å²) in [6, 6.07) is 30.4. The number of anilines is 2. The molecule has 40 heavy (non-hydrogen) atoms. The summed E-state index contributed by atoms with van der Waals surface area (Å²) in [6.07, 6.45) is 1.61. The Bertz CT molecular complexity index is 1540. The molecule has 0 aromatic heterocycles. The summed E-state index contributed by atoms with van der Waals surface area (Å²) in [5, 5.41) is 8.43. The Hall–Kier alpha value is -4.34. The van der Waals surface area contributed by atoms with Crippen molar-refractivity contribution in [1.29, 1.82) is 0 Å². The highest BCUT2D eigenvalue weighted by Gasteiger charge is 2.15. The minimum Gasteiger partial charge on any atom is -0.497 e. The van der Waals surface area contributed by atoms with Crippen LogP contribution in [-0.4, -0.2) is 30.6 Å². The van der Waals surface area contributed by atoms with Crippen molar-refractivity contribution in [2.75, 3.05) is 23.5 Å². The highest BCUT2D eigenvalue weighted by molar-refractivity contribution is 9.10. The van der Waals surface area contributed by atoms with Crippen LogP contribution in [0.3, 0.4) is 0 Å². The van der Waals surface area contributed by atoms with Crippen molar-refractivity contribution in [2.45, 2.75) is 4.90 Å². The second-order valence-electron chi connectivity index (χ2n) is 8.48. The molecule has 3 N–H and O–H groups in total. The fourth-order valence-electron chi connectivity index (χ4n) is 3.61. The Morgan fingerprint density at radius 2 is 1.55 bits per heavy atom. The molecular weight excluding hydrogens is 590 g/mol. The number of thioether (sulfide) groups is 1. The van der Waals surface area contributed by atoms with Gasteiger partial charge in [0.05, 0.1) is 12.9 Å². The minimum absolute atomic E-state index is 0.0858. The van der Waals surface area contributed by atoms with Gasteiger partial charge >= 0.3 is 0 Å². The number of carbonyl (C=O) groups is 3. The molecule has 0 spiro atoms. The van der Waals surface area contributed by atoms with Gasteiger partial charge in [-0.2, -0.15) is 0 Å². The topological polar surface area (TPSA) is 96.5 Å². The van der Waals surface area contributed by atoms with Crippen LogP contribution in [0.2, 0.25) is 0 Å². The van der Waals surface area contributed by atoms with Gasteiger partial charge in [0.15, 0.2) is 0 Å². The lowest BCUT2D eigenvalue weighted by Gasteiger charge is -2.12. The van der Waals surface area contributed by atoms with Crippen LogP contribution in [0.25, 0.3) is 6.08 Å². The van der Waals surface area contributed by atoms with Crippen molar-refractivity contribution in [3.05, 3.63) is 124 Å². The molecule has 3 amide bonds. The number of hydrogen-bond acceptors (Lipinski definition) is 5. The van der Waals surface area contributed by atoms with Crippen molar-refractivity contribution < 1.29 is 19.1 Å². The third-order valence-corrected chi connectivity index (χ3v) is 6.99. The second-order valence-corrected chi connectivity index (χ2v) is 10.4. The van der Waals surface area contributed by atoms with Crippen LogP contribution in [-0.2, 0) is 9.59 Å². The lowest BCUT2D eigenvalue weighted by molar-refractivity contribution is -0.114. The van der Waals surface area contributed by atoms with Crippen molar-refractivity contribution in [3.8, 4) is 5.75 Å². The number of nitrogens with one attached hydrogen (secondary N) is 3. The minimum atomic E-state index is -0.484. The molecule has 0 radical (unpaired) electrons. The van der Waals surface area contributed by atoms with Crippen molar-refractivity contribution in [2.24, 2.45) is 0 Å². The standard InChI is InChI=1S/C31H26BrN3O4S/c1-39-26-14-6-12-24(18-26)33-29(36)20-40-27-15-7-13-25(19-27)34-31(38)28(17-21-8-5-11-23(32)16-21)35-30(37)22-9-3-2-4-10-22/h2-19H,20H2,1H3,(H,33,36)(H,34,38)(H,35,37)/b28-17+. The third-order valence-electron chi connectivity index (χ3n) is 5.50. The van der Waals surface area contributed by atoms with E-state index in [0.29, 0.717) is 22.7 Å². The molecule has 0 aliphatic heterocycles. The van der Waals surface area contributed by atoms with Gasteiger partial charge in [0.25, 0.3) is 11.8 Å². The van der Waals surface area contributed by atoms with Crippen molar-refractivity contribution >= 4 is 62.9 Å². The largest absolute Gasteiger partial charge is 0.497 e. The van der Waals surface area contributed by atoms with Crippen LogP contribution >= 0.6 is 27.7 Å². The van der Waals surface area contributed by atoms with Crippen LogP contribution in [0, 0.1) is 0 Å². The summed E-state index contributed by atoms with van der Waals surface area (Å²) in [6.45, 7) is 0. The molecule has 4 aromatic rings. The van der Waals surface area contributed by atoms with Crippen LogP contribution in [0.1, 0.15) is 15.9 Å². The predicted octanol–water partition coefficient (Wildman–Crippen LogP) is 6.60. The Labute approximate surface area is 245 Å². The molecule has 0 unspecified atom stereocenters. The summed E-state index contributed by atoms with van der Waals surface area (Å²) in [4.78, 5) is 39.4. The molecule has 7 nitrogen and oxygen atoms in total. The van der Waals surface area contributed by atoms with Crippen LogP contribution in [0.15, 0.2) is 118 Å². The first-order chi connectivity index (χ1) is 19.4. The third kappa shape index (κ3) is 8.59. The van der Waals surface area contributed by atoms with Crippen LogP contribution in [0.4, 0.5) is 11.4 Å². The average Bonchev–Trinajstić information content (AvgIpc) is 2.96. The van der Waals surface area contributed by atoms with Gasteiger partial charge in [-0.15, -0.1) is 11.8 Å². The Balaban J connectivity index is 1.44. The van der Waals surface area contributed by atoms with Crippen LogP contribution < -0.4 is 20.7 Å². The molecule has 0 aliphatic rings. The second kappa shape index (κ2) is 14.2. The van der Waals surface area contributed by atoms with E-state index in [1.165, 1.54) is 11.8 Å². The van der Waals surface area contributed by atoms with E-state index >= 15 is 0 Å². The van der Waals surface area contributed by atoms with Gasteiger partial charge < -0.3 is 20.7 Å². The zero-order valence-corrected chi connectivity index (χ0v) is 23.9. The fourth-order valence-corrected chi connectivity index (χ4v) is 4.79. The highest BCUT2D eigenvalue weighted by atomic mass is 79.9. The van der Waals surface area contributed by atoms with E-state index in [-0.39, 0.29) is 17.4 Å². The first kappa shape index (κ1) is 28.7. The Morgan fingerprint density at radius 1 is 0.825 bits per heavy atom. The van der Waals surface area contributed by atoms with Gasteiger partial charge in [-0.25, -0.2) is 0 Å². The summed E-state index contributed by atoms with van der Waals surface area (Å²) in [5.41, 5.74) is 2.42. The summed E-state index contributed by atoms with van der Waals surface area (Å²) in [7, 11) is 1.57. The molecule has 0 bridgehead atoms. The molecule has 0 fully saturated rings. The lowest BCUT2D eigenvalue weighted by atomic mass is 10.1. The first-order valence-corrected chi connectivity index (χ1v) is 14.0.